The molecule has 1 aromatic carbocycles. The van der Waals surface area contributed by atoms with E-state index in [0.29, 0.717) is 11.4 Å². The summed E-state index contributed by atoms with van der Waals surface area (Å²) >= 11 is 10.8. The topological polar surface area (TPSA) is 93.8 Å². The van der Waals surface area contributed by atoms with Gasteiger partial charge in [0.05, 0.1) is 0 Å². The zero-order chi connectivity index (χ0) is 18.4. The predicted molar refractivity (Wildman–Crippen MR) is 97.9 cm³/mol. The van der Waals surface area contributed by atoms with Crippen LogP contribution in [0.5, 0.6) is 0 Å². The number of amides is 4. The molecule has 1 heterocycles. The van der Waals surface area contributed by atoms with E-state index in [1.807, 2.05) is 0 Å². The Hall–Kier alpha value is -2.39. The smallest absolute Gasteiger partial charge is 0.326 e. The van der Waals surface area contributed by atoms with Crippen molar-refractivity contribution in [1.29, 1.82) is 0 Å². The molecule has 134 valence electrons. The molecule has 4 amide bonds. The third-order valence-electron chi connectivity index (χ3n) is 3.43. The maximum absolute atomic E-state index is 11.8. The number of hydrazine groups is 1. The van der Waals surface area contributed by atoms with E-state index in [9.17, 15) is 14.4 Å². The first-order valence-electron chi connectivity index (χ1n) is 7.53. The first-order valence-corrected chi connectivity index (χ1v) is 8.32. The van der Waals surface area contributed by atoms with Crippen LogP contribution >= 0.6 is 23.8 Å². The molecule has 25 heavy (non-hydrogen) atoms. The Morgan fingerprint density at radius 3 is 2.52 bits per heavy atom. The van der Waals surface area contributed by atoms with E-state index in [4.69, 9.17) is 23.8 Å². The summed E-state index contributed by atoms with van der Waals surface area (Å²) in [7, 11) is 1.56. The van der Waals surface area contributed by atoms with Crippen molar-refractivity contribution in [3.63, 3.8) is 0 Å². The van der Waals surface area contributed by atoms with Gasteiger partial charge in [-0.05, 0) is 42.9 Å². The molecule has 1 aromatic rings. The second-order valence-electron chi connectivity index (χ2n) is 5.42. The number of benzene rings is 1. The van der Waals surface area contributed by atoms with Crippen LogP contribution in [0.1, 0.15) is 12.8 Å². The van der Waals surface area contributed by atoms with Crippen molar-refractivity contribution < 1.29 is 14.4 Å². The number of halogens is 1. The Bertz CT molecular complexity index is 682. The molecule has 0 unspecified atom stereocenters. The zero-order valence-electron chi connectivity index (χ0n) is 13.5. The number of carbonyl (C=O) groups excluding carboxylic acids is 3. The zero-order valence-corrected chi connectivity index (χ0v) is 15.1. The largest absolute Gasteiger partial charge is 0.331 e. The lowest BCUT2D eigenvalue weighted by atomic mass is 10.3. The van der Waals surface area contributed by atoms with Gasteiger partial charge in [-0.25, -0.2) is 4.79 Å². The van der Waals surface area contributed by atoms with Crippen molar-refractivity contribution in [1.82, 2.24) is 20.7 Å². The summed E-state index contributed by atoms with van der Waals surface area (Å²) in [5.41, 5.74) is 5.76. The third kappa shape index (κ3) is 5.57. The highest BCUT2D eigenvalue weighted by atomic mass is 35.5. The maximum atomic E-state index is 11.8. The van der Waals surface area contributed by atoms with Gasteiger partial charge in [0.2, 0.25) is 11.8 Å². The van der Waals surface area contributed by atoms with Crippen molar-refractivity contribution in [3.05, 3.63) is 29.3 Å². The van der Waals surface area contributed by atoms with Crippen LogP contribution in [-0.4, -0.2) is 52.9 Å². The highest BCUT2D eigenvalue weighted by Gasteiger charge is 2.32. The molecule has 0 saturated carbocycles. The first-order chi connectivity index (χ1) is 11.9. The monoisotopic (exact) mass is 383 g/mol. The molecular formula is C15H18ClN5O3S. The van der Waals surface area contributed by atoms with Gasteiger partial charge in [0.25, 0.3) is 0 Å². The molecule has 0 bridgehead atoms. The van der Waals surface area contributed by atoms with E-state index >= 15 is 0 Å². The summed E-state index contributed by atoms with van der Waals surface area (Å²) in [6, 6.07) is 6.59. The van der Waals surface area contributed by atoms with Crippen molar-refractivity contribution in [3.8, 4) is 0 Å². The van der Waals surface area contributed by atoms with Crippen LogP contribution in [0.15, 0.2) is 24.3 Å². The fourth-order valence-electron chi connectivity index (χ4n) is 2.17. The fourth-order valence-corrected chi connectivity index (χ4v) is 2.47. The van der Waals surface area contributed by atoms with Crippen LogP contribution in [0.3, 0.4) is 0 Å². The molecule has 10 heteroatoms. The number of nitrogens with zero attached hydrogens (tertiary/aromatic N) is 2. The van der Waals surface area contributed by atoms with Crippen LogP contribution < -0.4 is 16.2 Å². The molecule has 0 spiro atoms. The van der Waals surface area contributed by atoms with Crippen LogP contribution in [0, 0.1) is 0 Å². The van der Waals surface area contributed by atoms with Gasteiger partial charge >= 0.3 is 6.03 Å². The molecule has 0 aromatic heterocycles. The van der Waals surface area contributed by atoms with E-state index < -0.39 is 0 Å². The minimum absolute atomic E-state index is 0.0806. The van der Waals surface area contributed by atoms with Crippen LogP contribution in [0.25, 0.3) is 0 Å². The summed E-state index contributed by atoms with van der Waals surface area (Å²) in [5.74, 6) is -0.549. The average molecular weight is 384 g/mol. The molecule has 0 atom stereocenters. The lowest BCUT2D eigenvalue weighted by Crippen LogP contribution is -2.44. The Morgan fingerprint density at radius 1 is 1.24 bits per heavy atom. The number of nitrogens with one attached hydrogen (secondary N) is 3. The summed E-state index contributed by atoms with van der Waals surface area (Å²) in [6.45, 7) is 0.292. The number of likely N-dealkylation sites (N-methyl/N-ethyl adjacent to an activating group) is 1. The van der Waals surface area contributed by atoms with Crippen LogP contribution in [0.4, 0.5) is 10.5 Å². The second-order valence-corrected chi connectivity index (χ2v) is 6.27. The van der Waals surface area contributed by atoms with Gasteiger partial charge in [0.1, 0.15) is 6.54 Å². The minimum Gasteiger partial charge on any atom is -0.331 e. The molecule has 1 aliphatic rings. The Balaban J connectivity index is 1.65. The lowest BCUT2D eigenvalue weighted by Gasteiger charge is -2.14. The molecule has 1 saturated heterocycles. The quantitative estimate of drug-likeness (QED) is 0.403. The van der Waals surface area contributed by atoms with Gasteiger partial charge in [0, 0.05) is 30.7 Å². The summed E-state index contributed by atoms with van der Waals surface area (Å²) < 4.78 is 0. The van der Waals surface area contributed by atoms with Crippen molar-refractivity contribution in [2.75, 3.05) is 25.5 Å². The molecule has 0 aliphatic carbocycles. The normalized spacial score (nSPS) is 13.8. The number of urea groups is 1. The predicted octanol–water partition coefficient (Wildman–Crippen LogP) is 1.33. The van der Waals surface area contributed by atoms with Gasteiger partial charge in [-0.15, -0.1) is 0 Å². The van der Waals surface area contributed by atoms with E-state index in [-0.39, 0.29) is 42.5 Å². The lowest BCUT2D eigenvalue weighted by molar-refractivity contribution is -0.126. The van der Waals surface area contributed by atoms with E-state index in [0.717, 1.165) is 10.6 Å². The van der Waals surface area contributed by atoms with Gasteiger partial charge in [-0.3, -0.25) is 25.3 Å². The molecule has 8 nitrogen and oxygen atoms in total. The molecule has 1 fully saturated rings. The third-order valence-corrected chi connectivity index (χ3v) is 3.89. The van der Waals surface area contributed by atoms with Crippen molar-refractivity contribution >= 4 is 52.5 Å². The molecular weight excluding hydrogens is 366 g/mol. The standard InChI is InChI=1S/C15H18ClN5O3S/c1-20-9-13(23)21(15(20)24)8-2-3-12(22)18-19-14(25)17-11-6-4-10(16)5-7-11/h4-7H,2-3,8-9H2,1H3,(H,18,22)(H2,17,19,25). The average Bonchev–Trinajstić information content (AvgIpc) is 2.81. The van der Waals surface area contributed by atoms with Crippen molar-refractivity contribution in [2.45, 2.75) is 12.8 Å². The molecule has 2 rings (SSSR count). The van der Waals surface area contributed by atoms with Gasteiger partial charge in [-0.2, -0.15) is 0 Å². The fraction of sp³-hybridized carbons (Fsp3) is 0.333. The molecule has 3 N–H and O–H groups in total. The van der Waals surface area contributed by atoms with E-state index in [2.05, 4.69) is 16.2 Å². The number of carbonyl (C=O) groups is 3. The first kappa shape index (κ1) is 18.9. The molecule has 0 radical (unpaired) electrons. The molecule has 1 aliphatic heterocycles. The summed E-state index contributed by atoms with van der Waals surface area (Å²) in [6.07, 6.45) is 0.521. The van der Waals surface area contributed by atoms with Crippen molar-refractivity contribution in [2.24, 2.45) is 0 Å². The van der Waals surface area contributed by atoms with Gasteiger partial charge < -0.3 is 10.2 Å². The number of hydrogen-bond donors (Lipinski definition) is 3. The summed E-state index contributed by atoms with van der Waals surface area (Å²) in [5, 5.41) is 3.72. The number of rotatable bonds is 5. The highest BCUT2D eigenvalue weighted by molar-refractivity contribution is 7.80. The Labute approximate surface area is 155 Å². The van der Waals surface area contributed by atoms with E-state index in [1.165, 1.54) is 4.90 Å². The van der Waals surface area contributed by atoms with Gasteiger partial charge in [-0.1, -0.05) is 11.6 Å². The number of thiocarbonyl (C=S) groups is 1. The Morgan fingerprint density at radius 2 is 1.92 bits per heavy atom. The minimum atomic E-state index is -0.336. The SMILES string of the molecule is CN1CC(=O)N(CCCC(=O)NNC(=S)Nc2ccc(Cl)cc2)C1=O. The summed E-state index contributed by atoms with van der Waals surface area (Å²) in [4.78, 5) is 37.5. The maximum Gasteiger partial charge on any atom is 0.326 e. The highest BCUT2D eigenvalue weighted by Crippen LogP contribution is 2.13. The number of imide groups is 1. The second kappa shape index (κ2) is 8.63. The van der Waals surface area contributed by atoms with E-state index in [1.54, 1.807) is 31.3 Å². The van der Waals surface area contributed by atoms with Crippen LogP contribution in [-0.2, 0) is 9.59 Å². The van der Waals surface area contributed by atoms with Crippen LogP contribution in [0.2, 0.25) is 5.02 Å². The number of hydrogen-bond acceptors (Lipinski definition) is 4. The Kier molecular flexibility index (Phi) is 6.54. The van der Waals surface area contributed by atoms with Gasteiger partial charge in [0.15, 0.2) is 5.11 Å². The number of anilines is 1.